The van der Waals surface area contributed by atoms with E-state index < -0.39 is 27.4 Å². The minimum absolute atomic E-state index is 0.282. The smallest absolute Gasteiger partial charge is 0.276 e. The summed E-state index contributed by atoms with van der Waals surface area (Å²) < 4.78 is 26.0. The first-order valence-corrected chi connectivity index (χ1v) is 6.42. The fraction of sp³-hybridized carbons (Fsp3) is 1.00. The fourth-order valence-corrected chi connectivity index (χ4v) is 1.40. The molecule has 0 saturated carbocycles. The molecule has 0 amide bonds. The third-order valence-electron chi connectivity index (χ3n) is 1.52. The van der Waals surface area contributed by atoms with Gasteiger partial charge in [0.05, 0.1) is 18.8 Å². The molecule has 7 heteroatoms. The first-order valence-electron chi connectivity index (χ1n) is 4.21. The van der Waals surface area contributed by atoms with E-state index in [2.05, 4.69) is 16.8 Å². The van der Waals surface area contributed by atoms with Crippen LogP contribution in [0.15, 0.2) is 0 Å². The van der Waals surface area contributed by atoms with Crippen molar-refractivity contribution in [1.82, 2.24) is 0 Å². The molecule has 86 valence electrons. The van der Waals surface area contributed by atoms with E-state index >= 15 is 0 Å². The van der Waals surface area contributed by atoms with Crippen LogP contribution in [0, 0.1) is 0 Å². The molecule has 0 aliphatic heterocycles. The van der Waals surface area contributed by atoms with Crippen LogP contribution >= 0.6 is 12.6 Å². The van der Waals surface area contributed by atoms with E-state index in [0.29, 0.717) is 12.8 Å². The predicted molar refractivity (Wildman–Crippen MR) is 55.6 cm³/mol. The van der Waals surface area contributed by atoms with Crippen molar-refractivity contribution in [3.63, 3.8) is 0 Å². The van der Waals surface area contributed by atoms with Crippen molar-refractivity contribution in [1.29, 1.82) is 0 Å². The topological polar surface area (TPSA) is 83.8 Å². The van der Waals surface area contributed by atoms with Gasteiger partial charge in [-0.1, -0.05) is 0 Å². The van der Waals surface area contributed by atoms with Gasteiger partial charge in [0.25, 0.3) is 10.1 Å². The average molecular weight is 244 g/mol. The Kier molecular flexibility index (Phi) is 6.71. The Morgan fingerprint density at radius 1 is 1.36 bits per heavy atom. The molecule has 0 aliphatic carbocycles. The van der Waals surface area contributed by atoms with Gasteiger partial charge in [0, 0.05) is 0 Å². The van der Waals surface area contributed by atoms with Crippen LogP contribution in [0.4, 0.5) is 0 Å². The Labute approximate surface area is 89.6 Å². The molecule has 0 aromatic carbocycles. The maximum absolute atomic E-state index is 10.8. The molecule has 0 spiro atoms. The standard InChI is InChI=1S/C7H16O5S2/c1-6(8)2-3-7(9)4-12-14(10,11)5-13/h6-9,13H,2-5H2,1H3. The van der Waals surface area contributed by atoms with Gasteiger partial charge in [0.2, 0.25) is 0 Å². The van der Waals surface area contributed by atoms with Crippen molar-refractivity contribution < 1.29 is 22.8 Å². The lowest BCUT2D eigenvalue weighted by atomic mass is 10.1. The zero-order valence-corrected chi connectivity index (χ0v) is 9.67. The van der Waals surface area contributed by atoms with E-state index in [-0.39, 0.29) is 6.61 Å². The van der Waals surface area contributed by atoms with E-state index in [1.807, 2.05) is 0 Å². The van der Waals surface area contributed by atoms with Crippen LogP contribution in [-0.4, -0.2) is 42.5 Å². The third-order valence-corrected chi connectivity index (χ3v) is 3.28. The number of aliphatic hydroxyl groups is 2. The Balaban J connectivity index is 3.69. The molecule has 0 heterocycles. The van der Waals surface area contributed by atoms with Crippen LogP contribution in [0.2, 0.25) is 0 Å². The van der Waals surface area contributed by atoms with E-state index in [1.54, 1.807) is 6.92 Å². The highest BCUT2D eigenvalue weighted by molar-refractivity contribution is 8.01. The highest BCUT2D eigenvalue weighted by Crippen LogP contribution is 2.04. The molecule has 14 heavy (non-hydrogen) atoms. The minimum Gasteiger partial charge on any atom is -0.393 e. The van der Waals surface area contributed by atoms with Crippen LogP contribution in [0.3, 0.4) is 0 Å². The average Bonchev–Trinajstić information content (AvgIpc) is 2.11. The van der Waals surface area contributed by atoms with Crippen molar-refractivity contribution in [3.8, 4) is 0 Å². The lowest BCUT2D eigenvalue weighted by Crippen LogP contribution is -2.20. The summed E-state index contributed by atoms with van der Waals surface area (Å²) >= 11 is 3.55. The molecule has 0 aliphatic rings. The summed E-state index contributed by atoms with van der Waals surface area (Å²) in [6.45, 7) is 1.31. The SMILES string of the molecule is CC(O)CCC(O)COS(=O)(=O)CS. The second-order valence-electron chi connectivity index (χ2n) is 3.05. The Bertz CT molecular complexity index is 236. The Morgan fingerprint density at radius 3 is 2.36 bits per heavy atom. The summed E-state index contributed by atoms with van der Waals surface area (Å²) in [5.74, 6) is 0. The molecule has 0 saturated heterocycles. The number of rotatable bonds is 7. The first kappa shape index (κ1) is 14.2. The second kappa shape index (κ2) is 6.62. The Hall–Kier alpha value is 0.180. The van der Waals surface area contributed by atoms with E-state index in [9.17, 15) is 13.5 Å². The van der Waals surface area contributed by atoms with E-state index in [4.69, 9.17) is 5.11 Å². The summed E-state index contributed by atoms with van der Waals surface area (Å²) in [6, 6.07) is 0. The number of hydrogen-bond donors (Lipinski definition) is 3. The molecule has 0 aromatic heterocycles. The summed E-state index contributed by atoms with van der Waals surface area (Å²) in [5, 5.41) is 17.7. The molecule has 0 fully saturated rings. The summed E-state index contributed by atoms with van der Waals surface area (Å²) in [6.07, 6.45) is -0.670. The van der Waals surface area contributed by atoms with Crippen LogP contribution in [0.1, 0.15) is 19.8 Å². The number of aliphatic hydroxyl groups excluding tert-OH is 2. The van der Waals surface area contributed by atoms with Gasteiger partial charge in [0.1, 0.15) is 5.08 Å². The molecular weight excluding hydrogens is 228 g/mol. The quantitative estimate of drug-likeness (QED) is 0.424. The highest BCUT2D eigenvalue weighted by Gasteiger charge is 2.12. The van der Waals surface area contributed by atoms with E-state index in [1.165, 1.54) is 0 Å². The summed E-state index contributed by atoms with van der Waals surface area (Å²) in [7, 11) is -3.61. The molecule has 2 N–H and O–H groups in total. The van der Waals surface area contributed by atoms with Crippen molar-refractivity contribution in [3.05, 3.63) is 0 Å². The normalized spacial score (nSPS) is 16.6. The molecular formula is C7H16O5S2. The van der Waals surface area contributed by atoms with Gasteiger partial charge in [0.15, 0.2) is 0 Å². The van der Waals surface area contributed by atoms with Crippen LogP contribution in [0.25, 0.3) is 0 Å². The van der Waals surface area contributed by atoms with Gasteiger partial charge >= 0.3 is 0 Å². The van der Waals surface area contributed by atoms with Crippen molar-refractivity contribution in [2.75, 3.05) is 11.7 Å². The zero-order valence-electron chi connectivity index (χ0n) is 7.96. The lowest BCUT2D eigenvalue weighted by Gasteiger charge is -2.11. The van der Waals surface area contributed by atoms with Crippen LogP contribution in [0.5, 0.6) is 0 Å². The zero-order chi connectivity index (χ0) is 11.2. The van der Waals surface area contributed by atoms with Gasteiger partial charge in [-0.2, -0.15) is 21.0 Å². The van der Waals surface area contributed by atoms with Crippen LogP contribution in [-0.2, 0) is 14.3 Å². The van der Waals surface area contributed by atoms with Crippen molar-refractivity contribution >= 4 is 22.7 Å². The molecule has 2 atom stereocenters. The lowest BCUT2D eigenvalue weighted by molar-refractivity contribution is 0.0836. The Morgan fingerprint density at radius 2 is 1.93 bits per heavy atom. The number of hydrogen-bond acceptors (Lipinski definition) is 6. The van der Waals surface area contributed by atoms with Crippen molar-refractivity contribution in [2.24, 2.45) is 0 Å². The van der Waals surface area contributed by atoms with Gasteiger partial charge in [-0.3, -0.25) is 4.18 Å². The second-order valence-corrected chi connectivity index (χ2v) is 5.44. The molecule has 0 rings (SSSR count). The molecule has 5 nitrogen and oxygen atoms in total. The summed E-state index contributed by atoms with van der Waals surface area (Å²) in [5.41, 5.74) is 0. The summed E-state index contributed by atoms with van der Waals surface area (Å²) in [4.78, 5) is 0. The first-order chi connectivity index (χ1) is 6.37. The van der Waals surface area contributed by atoms with Gasteiger partial charge in [-0.15, -0.1) is 0 Å². The molecule has 0 aromatic rings. The molecule has 0 radical (unpaired) electrons. The van der Waals surface area contributed by atoms with Crippen molar-refractivity contribution in [2.45, 2.75) is 32.0 Å². The third kappa shape index (κ3) is 7.57. The molecule has 2 unspecified atom stereocenters. The van der Waals surface area contributed by atoms with Gasteiger partial charge in [-0.05, 0) is 19.8 Å². The maximum atomic E-state index is 10.8. The van der Waals surface area contributed by atoms with E-state index in [0.717, 1.165) is 0 Å². The van der Waals surface area contributed by atoms with Gasteiger partial charge in [-0.25, -0.2) is 0 Å². The largest absolute Gasteiger partial charge is 0.393 e. The van der Waals surface area contributed by atoms with Gasteiger partial charge < -0.3 is 10.2 Å². The molecule has 0 bridgehead atoms. The van der Waals surface area contributed by atoms with Crippen LogP contribution < -0.4 is 0 Å². The highest BCUT2D eigenvalue weighted by atomic mass is 32.3. The monoisotopic (exact) mass is 244 g/mol. The maximum Gasteiger partial charge on any atom is 0.276 e. The fourth-order valence-electron chi connectivity index (χ4n) is 0.736. The minimum atomic E-state index is -3.61. The predicted octanol–water partition coefficient (Wildman–Crippen LogP) is -0.258. The number of thiol groups is 1.